The number of hydrogen-bond donors (Lipinski definition) is 3. The zero-order chi connectivity index (χ0) is 16.8. The van der Waals surface area contributed by atoms with Crippen molar-refractivity contribution in [3.8, 4) is 0 Å². The van der Waals surface area contributed by atoms with Gasteiger partial charge in [0, 0.05) is 38.6 Å². The van der Waals surface area contributed by atoms with E-state index in [1.807, 2.05) is 12.1 Å². The van der Waals surface area contributed by atoms with Gasteiger partial charge in [-0.25, -0.2) is 4.79 Å². The number of urea groups is 1. The van der Waals surface area contributed by atoms with E-state index in [1.165, 1.54) is 0 Å². The van der Waals surface area contributed by atoms with Crippen LogP contribution in [0.2, 0.25) is 0 Å². The molecule has 3 rings (SSSR count). The number of ether oxygens (including phenoxy) is 2. The lowest BCUT2D eigenvalue weighted by molar-refractivity contribution is 0.0360. The number of amides is 2. The average Bonchev–Trinajstić information content (AvgIpc) is 2.99. The van der Waals surface area contributed by atoms with Gasteiger partial charge in [-0.1, -0.05) is 6.07 Å². The van der Waals surface area contributed by atoms with Crippen molar-refractivity contribution in [2.24, 2.45) is 0 Å². The van der Waals surface area contributed by atoms with Gasteiger partial charge in [-0.15, -0.1) is 0 Å². The molecule has 0 unspecified atom stereocenters. The first-order chi connectivity index (χ1) is 11.7. The molecule has 3 atom stereocenters. The number of pyridine rings is 1. The molecule has 2 aliphatic heterocycles. The molecular formula is C16H24N4O4. The van der Waals surface area contributed by atoms with Crippen molar-refractivity contribution in [3.63, 3.8) is 0 Å². The van der Waals surface area contributed by atoms with Gasteiger partial charge in [-0.05, 0) is 11.6 Å². The minimum Gasteiger partial charge on any atom is -0.389 e. The smallest absolute Gasteiger partial charge is 0.317 e. The Bertz CT molecular complexity index is 524. The van der Waals surface area contributed by atoms with Gasteiger partial charge in [0.25, 0.3) is 0 Å². The van der Waals surface area contributed by atoms with E-state index in [-0.39, 0.29) is 12.1 Å². The lowest BCUT2D eigenvalue weighted by atomic mass is 10.1. The van der Waals surface area contributed by atoms with E-state index in [9.17, 15) is 9.90 Å². The molecule has 2 aliphatic rings. The second kappa shape index (κ2) is 8.39. The van der Waals surface area contributed by atoms with Crippen molar-refractivity contribution in [2.75, 3.05) is 39.5 Å². The lowest BCUT2D eigenvalue weighted by Gasteiger charge is -2.27. The Labute approximate surface area is 141 Å². The predicted octanol–water partition coefficient (Wildman–Crippen LogP) is -0.659. The first-order valence-corrected chi connectivity index (χ1v) is 8.26. The number of aliphatic hydroxyl groups excluding tert-OH is 1. The molecule has 3 N–H and O–H groups in total. The highest BCUT2D eigenvalue weighted by molar-refractivity contribution is 5.74. The molecule has 8 heteroatoms. The van der Waals surface area contributed by atoms with Crippen LogP contribution in [0.3, 0.4) is 0 Å². The molecule has 2 amide bonds. The summed E-state index contributed by atoms with van der Waals surface area (Å²) < 4.78 is 10.8. The van der Waals surface area contributed by atoms with Crippen LogP contribution in [0.5, 0.6) is 0 Å². The summed E-state index contributed by atoms with van der Waals surface area (Å²) in [4.78, 5) is 17.8. The monoisotopic (exact) mass is 336 g/mol. The van der Waals surface area contributed by atoms with Gasteiger partial charge >= 0.3 is 6.03 Å². The number of morpholine rings is 1. The molecule has 1 aromatic heterocycles. The normalized spacial score (nSPS) is 27.2. The van der Waals surface area contributed by atoms with Crippen LogP contribution in [0.15, 0.2) is 24.5 Å². The standard InChI is InChI=1S/C16H24N4O4/c21-15-13(18-9-12-2-1-3-17-8-12)11-24-14(15)10-19-16(22)20-4-6-23-7-5-20/h1-3,8,13-15,18,21H,4-7,9-11H2,(H,19,22)/t13-,14-,15+/m1/s1. The molecule has 0 aromatic carbocycles. The molecule has 0 aliphatic carbocycles. The Morgan fingerprint density at radius 3 is 3.00 bits per heavy atom. The summed E-state index contributed by atoms with van der Waals surface area (Å²) in [6.07, 6.45) is 2.45. The third-order valence-corrected chi connectivity index (χ3v) is 4.33. The van der Waals surface area contributed by atoms with Gasteiger partial charge in [0.15, 0.2) is 0 Å². The highest BCUT2D eigenvalue weighted by Gasteiger charge is 2.35. The molecular weight excluding hydrogens is 312 g/mol. The first-order valence-electron chi connectivity index (χ1n) is 8.26. The van der Waals surface area contributed by atoms with Crippen molar-refractivity contribution in [3.05, 3.63) is 30.1 Å². The zero-order valence-corrected chi connectivity index (χ0v) is 13.6. The van der Waals surface area contributed by atoms with Crippen molar-refractivity contribution in [1.29, 1.82) is 0 Å². The van der Waals surface area contributed by atoms with Gasteiger partial charge in [-0.3, -0.25) is 4.98 Å². The fourth-order valence-electron chi connectivity index (χ4n) is 2.86. The highest BCUT2D eigenvalue weighted by atomic mass is 16.5. The maximum Gasteiger partial charge on any atom is 0.317 e. The van der Waals surface area contributed by atoms with E-state index in [2.05, 4.69) is 15.6 Å². The first kappa shape index (κ1) is 17.1. The van der Waals surface area contributed by atoms with E-state index in [0.29, 0.717) is 46.0 Å². The fraction of sp³-hybridized carbons (Fsp3) is 0.625. The number of nitrogens with zero attached hydrogens (tertiary/aromatic N) is 2. The van der Waals surface area contributed by atoms with E-state index < -0.39 is 12.2 Å². The van der Waals surface area contributed by atoms with Crippen molar-refractivity contribution in [2.45, 2.75) is 24.8 Å². The number of rotatable bonds is 5. The Hall–Kier alpha value is -1.74. The molecule has 0 saturated carbocycles. The third-order valence-electron chi connectivity index (χ3n) is 4.33. The lowest BCUT2D eigenvalue weighted by Crippen LogP contribution is -2.50. The summed E-state index contributed by atoms with van der Waals surface area (Å²) in [5.41, 5.74) is 1.05. The third kappa shape index (κ3) is 4.41. The Balaban J connectivity index is 1.40. The number of carbonyl (C=O) groups excluding carboxylic acids is 1. The van der Waals surface area contributed by atoms with Crippen LogP contribution in [-0.2, 0) is 16.0 Å². The molecule has 3 heterocycles. The average molecular weight is 336 g/mol. The molecule has 0 spiro atoms. The topological polar surface area (TPSA) is 96.0 Å². The molecule has 0 bridgehead atoms. The van der Waals surface area contributed by atoms with Gasteiger partial charge in [0.1, 0.15) is 6.10 Å². The fourth-order valence-corrected chi connectivity index (χ4v) is 2.86. The summed E-state index contributed by atoms with van der Waals surface area (Å²) in [7, 11) is 0. The number of aliphatic hydroxyl groups is 1. The molecule has 24 heavy (non-hydrogen) atoms. The van der Waals surface area contributed by atoms with E-state index in [4.69, 9.17) is 9.47 Å². The molecule has 2 saturated heterocycles. The molecule has 2 fully saturated rings. The van der Waals surface area contributed by atoms with Crippen LogP contribution in [-0.4, -0.2) is 78.7 Å². The molecule has 132 valence electrons. The Morgan fingerprint density at radius 2 is 2.25 bits per heavy atom. The zero-order valence-electron chi connectivity index (χ0n) is 13.6. The van der Waals surface area contributed by atoms with E-state index >= 15 is 0 Å². The SMILES string of the molecule is O=C(NC[C@H]1OC[C@@H](NCc2cccnc2)[C@@H]1O)N1CCOCC1. The summed E-state index contributed by atoms with van der Waals surface area (Å²) >= 11 is 0. The van der Waals surface area contributed by atoms with Crippen LogP contribution in [0, 0.1) is 0 Å². The number of hydrogen-bond acceptors (Lipinski definition) is 6. The van der Waals surface area contributed by atoms with Gasteiger partial charge in [0.2, 0.25) is 0 Å². The minimum atomic E-state index is -0.660. The quantitative estimate of drug-likeness (QED) is 0.661. The minimum absolute atomic E-state index is 0.138. The van der Waals surface area contributed by atoms with Crippen LogP contribution >= 0.6 is 0 Å². The maximum absolute atomic E-state index is 12.1. The summed E-state index contributed by atoms with van der Waals surface area (Å²) in [6.45, 7) is 3.64. The number of aromatic nitrogens is 1. The van der Waals surface area contributed by atoms with Crippen LogP contribution in [0.1, 0.15) is 5.56 Å². The Kier molecular flexibility index (Phi) is 5.97. The van der Waals surface area contributed by atoms with Crippen LogP contribution in [0.4, 0.5) is 4.79 Å². The second-order valence-corrected chi connectivity index (χ2v) is 6.00. The second-order valence-electron chi connectivity index (χ2n) is 6.00. The predicted molar refractivity (Wildman–Crippen MR) is 86.4 cm³/mol. The molecule has 8 nitrogen and oxygen atoms in total. The largest absolute Gasteiger partial charge is 0.389 e. The van der Waals surface area contributed by atoms with Gasteiger partial charge in [-0.2, -0.15) is 0 Å². The number of nitrogens with one attached hydrogen (secondary N) is 2. The van der Waals surface area contributed by atoms with Crippen molar-refractivity contribution >= 4 is 6.03 Å². The Morgan fingerprint density at radius 1 is 1.42 bits per heavy atom. The van der Waals surface area contributed by atoms with Crippen molar-refractivity contribution in [1.82, 2.24) is 20.5 Å². The summed E-state index contributed by atoms with van der Waals surface area (Å²) in [5.74, 6) is 0. The number of carbonyl (C=O) groups is 1. The summed E-state index contributed by atoms with van der Waals surface area (Å²) in [6, 6.07) is 3.56. The van der Waals surface area contributed by atoms with Crippen LogP contribution < -0.4 is 10.6 Å². The molecule has 1 aromatic rings. The summed E-state index contributed by atoms with van der Waals surface area (Å²) in [5, 5.41) is 16.5. The molecule has 0 radical (unpaired) electrons. The van der Waals surface area contributed by atoms with Crippen LogP contribution in [0.25, 0.3) is 0 Å². The van der Waals surface area contributed by atoms with E-state index in [1.54, 1.807) is 17.3 Å². The van der Waals surface area contributed by atoms with E-state index in [0.717, 1.165) is 5.56 Å². The van der Waals surface area contributed by atoms with Gasteiger partial charge in [0.05, 0.1) is 32.0 Å². The maximum atomic E-state index is 12.1. The highest BCUT2D eigenvalue weighted by Crippen LogP contribution is 2.14. The van der Waals surface area contributed by atoms with Crippen molar-refractivity contribution < 1.29 is 19.4 Å². The van der Waals surface area contributed by atoms with Gasteiger partial charge < -0.3 is 30.1 Å².